The summed E-state index contributed by atoms with van der Waals surface area (Å²) in [4.78, 5) is 14.5. The molecule has 3 heteroatoms. The van der Waals surface area contributed by atoms with E-state index in [9.17, 15) is 4.79 Å². The van der Waals surface area contributed by atoms with Gasteiger partial charge in [-0.3, -0.25) is 4.79 Å². The summed E-state index contributed by atoms with van der Waals surface area (Å²) in [7, 11) is 0. The molecular formula is C15H28N2O. The van der Waals surface area contributed by atoms with Crippen LogP contribution in [0.15, 0.2) is 0 Å². The molecule has 0 saturated carbocycles. The molecular weight excluding hydrogens is 224 g/mol. The molecule has 104 valence electrons. The largest absolute Gasteiger partial charge is 0.342 e. The third-order valence-corrected chi connectivity index (χ3v) is 5.55. The minimum Gasteiger partial charge on any atom is -0.342 e. The molecule has 0 spiro atoms. The fourth-order valence-electron chi connectivity index (χ4n) is 3.31. The maximum Gasteiger partial charge on any atom is 0.225 e. The molecule has 2 aliphatic heterocycles. The quantitative estimate of drug-likeness (QED) is 0.832. The van der Waals surface area contributed by atoms with Gasteiger partial charge in [0.2, 0.25) is 5.91 Å². The number of carbonyl (C=O) groups excluding carboxylic acids is 1. The number of likely N-dealkylation sites (tertiary alicyclic amines) is 1. The molecule has 1 unspecified atom stereocenters. The van der Waals surface area contributed by atoms with E-state index in [0.29, 0.717) is 17.2 Å². The molecule has 3 nitrogen and oxygen atoms in total. The van der Waals surface area contributed by atoms with Crippen LogP contribution in [0.2, 0.25) is 0 Å². The van der Waals surface area contributed by atoms with Crippen molar-refractivity contribution in [2.24, 2.45) is 17.3 Å². The van der Waals surface area contributed by atoms with E-state index in [1.165, 1.54) is 25.7 Å². The summed E-state index contributed by atoms with van der Waals surface area (Å²) in [6.07, 6.45) is 4.91. The average molecular weight is 252 g/mol. The van der Waals surface area contributed by atoms with Gasteiger partial charge in [0.25, 0.3) is 0 Å². The standard InChI is InChI=1S/C15H28N2O/c1-4-15(5-2)6-8-17(9-7-15)14(18)12(3)13-10-16-11-13/h12-13,16H,4-11H2,1-3H3. The van der Waals surface area contributed by atoms with E-state index < -0.39 is 0 Å². The van der Waals surface area contributed by atoms with E-state index in [1.807, 2.05) is 0 Å². The monoisotopic (exact) mass is 252 g/mol. The van der Waals surface area contributed by atoms with Gasteiger partial charge in [-0.1, -0.05) is 33.6 Å². The van der Waals surface area contributed by atoms with E-state index in [4.69, 9.17) is 0 Å². The van der Waals surface area contributed by atoms with Crippen LogP contribution in [-0.2, 0) is 4.79 Å². The number of nitrogens with one attached hydrogen (secondary N) is 1. The lowest BCUT2D eigenvalue weighted by Crippen LogP contribution is -2.52. The van der Waals surface area contributed by atoms with E-state index in [1.54, 1.807) is 0 Å². The van der Waals surface area contributed by atoms with Crippen LogP contribution in [0, 0.1) is 17.3 Å². The first-order valence-electron chi connectivity index (χ1n) is 7.61. The highest BCUT2D eigenvalue weighted by atomic mass is 16.2. The fourth-order valence-corrected chi connectivity index (χ4v) is 3.31. The zero-order chi connectivity index (χ0) is 13.2. The number of hydrogen-bond acceptors (Lipinski definition) is 2. The van der Waals surface area contributed by atoms with Crippen molar-refractivity contribution in [3.63, 3.8) is 0 Å². The lowest BCUT2D eigenvalue weighted by molar-refractivity contribution is -0.139. The van der Waals surface area contributed by atoms with E-state index in [-0.39, 0.29) is 5.92 Å². The van der Waals surface area contributed by atoms with Gasteiger partial charge < -0.3 is 10.2 Å². The Kier molecular flexibility index (Phi) is 4.31. The number of nitrogens with zero attached hydrogens (tertiary/aromatic N) is 1. The van der Waals surface area contributed by atoms with E-state index in [2.05, 4.69) is 31.0 Å². The first-order chi connectivity index (χ1) is 8.62. The second-order valence-corrected chi connectivity index (χ2v) is 6.24. The molecule has 0 aliphatic carbocycles. The van der Waals surface area contributed by atoms with Gasteiger partial charge in [0.1, 0.15) is 0 Å². The number of carbonyl (C=O) groups is 1. The van der Waals surface area contributed by atoms with Crippen LogP contribution in [-0.4, -0.2) is 37.0 Å². The molecule has 1 amide bonds. The SMILES string of the molecule is CCC1(CC)CCN(C(=O)C(C)C2CNC2)CC1. The summed E-state index contributed by atoms with van der Waals surface area (Å²) in [5.74, 6) is 1.17. The smallest absolute Gasteiger partial charge is 0.225 e. The molecule has 0 radical (unpaired) electrons. The first kappa shape index (κ1) is 13.9. The predicted molar refractivity (Wildman–Crippen MR) is 74.4 cm³/mol. The van der Waals surface area contributed by atoms with Gasteiger partial charge >= 0.3 is 0 Å². The molecule has 0 aromatic carbocycles. The Morgan fingerprint density at radius 3 is 2.22 bits per heavy atom. The molecule has 1 atom stereocenters. The molecule has 1 N–H and O–H groups in total. The van der Waals surface area contributed by atoms with Gasteiger partial charge in [-0.15, -0.1) is 0 Å². The lowest BCUT2D eigenvalue weighted by Gasteiger charge is -2.43. The van der Waals surface area contributed by atoms with Crippen molar-refractivity contribution in [3.05, 3.63) is 0 Å². The highest BCUT2D eigenvalue weighted by molar-refractivity contribution is 5.79. The van der Waals surface area contributed by atoms with E-state index in [0.717, 1.165) is 26.2 Å². The van der Waals surface area contributed by atoms with Crippen molar-refractivity contribution >= 4 is 5.91 Å². The second-order valence-electron chi connectivity index (χ2n) is 6.24. The zero-order valence-corrected chi connectivity index (χ0v) is 12.2. The minimum atomic E-state index is 0.210. The Hall–Kier alpha value is -0.570. The van der Waals surface area contributed by atoms with Crippen LogP contribution in [0.25, 0.3) is 0 Å². The third kappa shape index (κ3) is 2.56. The maximum absolute atomic E-state index is 12.4. The van der Waals surface area contributed by atoms with Gasteiger partial charge in [-0.2, -0.15) is 0 Å². The fraction of sp³-hybridized carbons (Fsp3) is 0.933. The summed E-state index contributed by atoms with van der Waals surface area (Å²) >= 11 is 0. The number of rotatable bonds is 4. The molecule has 0 aromatic heterocycles. The van der Waals surface area contributed by atoms with Crippen molar-refractivity contribution in [1.29, 1.82) is 0 Å². The number of amides is 1. The maximum atomic E-state index is 12.4. The predicted octanol–water partition coefficient (Wildman–Crippen LogP) is 2.27. The van der Waals surface area contributed by atoms with Gasteiger partial charge in [-0.05, 0) is 37.3 Å². The van der Waals surface area contributed by atoms with Gasteiger partial charge in [0.15, 0.2) is 0 Å². The third-order valence-electron chi connectivity index (χ3n) is 5.55. The number of piperidine rings is 1. The van der Waals surface area contributed by atoms with Crippen LogP contribution < -0.4 is 5.32 Å². The Morgan fingerprint density at radius 1 is 1.28 bits per heavy atom. The number of hydrogen-bond donors (Lipinski definition) is 1. The normalized spacial score (nSPS) is 25.6. The lowest BCUT2D eigenvalue weighted by atomic mass is 9.74. The summed E-state index contributed by atoms with van der Waals surface area (Å²) in [5, 5.41) is 3.26. The molecule has 0 bridgehead atoms. The topological polar surface area (TPSA) is 32.3 Å². The van der Waals surface area contributed by atoms with Crippen LogP contribution in [0.1, 0.15) is 46.5 Å². The van der Waals surface area contributed by atoms with Crippen LogP contribution in [0.5, 0.6) is 0 Å². The first-order valence-corrected chi connectivity index (χ1v) is 7.61. The molecule has 18 heavy (non-hydrogen) atoms. The molecule has 2 saturated heterocycles. The zero-order valence-electron chi connectivity index (χ0n) is 12.2. The summed E-state index contributed by atoms with van der Waals surface area (Å²) in [5.41, 5.74) is 0.512. The van der Waals surface area contributed by atoms with Crippen LogP contribution >= 0.6 is 0 Å². The Morgan fingerprint density at radius 2 is 1.83 bits per heavy atom. The van der Waals surface area contributed by atoms with Gasteiger partial charge in [0.05, 0.1) is 0 Å². The average Bonchev–Trinajstić information content (AvgIpc) is 2.36. The van der Waals surface area contributed by atoms with Crippen molar-refractivity contribution in [3.8, 4) is 0 Å². The van der Waals surface area contributed by atoms with Crippen molar-refractivity contribution < 1.29 is 4.79 Å². The van der Waals surface area contributed by atoms with Gasteiger partial charge in [0, 0.05) is 19.0 Å². The Labute approximate surface area is 111 Å². The molecule has 2 fully saturated rings. The van der Waals surface area contributed by atoms with Crippen molar-refractivity contribution in [2.75, 3.05) is 26.2 Å². The Bertz CT molecular complexity index is 285. The second kappa shape index (κ2) is 5.60. The molecule has 2 rings (SSSR count). The highest BCUT2D eigenvalue weighted by Crippen LogP contribution is 2.38. The molecule has 0 aromatic rings. The van der Waals surface area contributed by atoms with Crippen molar-refractivity contribution in [1.82, 2.24) is 10.2 Å². The summed E-state index contributed by atoms with van der Waals surface area (Å²) < 4.78 is 0. The van der Waals surface area contributed by atoms with Crippen molar-refractivity contribution in [2.45, 2.75) is 46.5 Å². The van der Waals surface area contributed by atoms with Crippen LogP contribution in [0.3, 0.4) is 0 Å². The summed E-state index contributed by atoms with van der Waals surface area (Å²) in [6.45, 7) is 10.7. The minimum absolute atomic E-state index is 0.210. The van der Waals surface area contributed by atoms with E-state index >= 15 is 0 Å². The Balaban J connectivity index is 1.87. The molecule has 2 heterocycles. The highest BCUT2D eigenvalue weighted by Gasteiger charge is 2.36. The van der Waals surface area contributed by atoms with Gasteiger partial charge in [-0.25, -0.2) is 0 Å². The van der Waals surface area contributed by atoms with Crippen LogP contribution in [0.4, 0.5) is 0 Å². The summed E-state index contributed by atoms with van der Waals surface area (Å²) in [6, 6.07) is 0. The molecule has 2 aliphatic rings.